The number of carbonyl (C=O) groups is 1. The van der Waals surface area contributed by atoms with E-state index in [9.17, 15) is 4.79 Å². The van der Waals surface area contributed by atoms with E-state index in [0.29, 0.717) is 35.5 Å². The molecule has 142 valence electrons. The lowest BCUT2D eigenvalue weighted by atomic mass is 9.90. The molecule has 1 heterocycles. The lowest BCUT2D eigenvalue weighted by molar-refractivity contribution is 0.0602. The predicted octanol–water partition coefficient (Wildman–Crippen LogP) is 4.01. The normalized spacial score (nSPS) is 14.7. The molecule has 0 unspecified atom stereocenters. The van der Waals surface area contributed by atoms with Crippen LogP contribution in [0.15, 0.2) is 48.0 Å². The highest BCUT2D eigenvalue weighted by atomic mass is 35.5. The molecule has 0 aliphatic carbocycles. The summed E-state index contributed by atoms with van der Waals surface area (Å²) in [6.07, 6.45) is 0. The van der Waals surface area contributed by atoms with Crippen molar-refractivity contribution in [3.63, 3.8) is 0 Å². The number of nitriles is 1. The monoisotopic (exact) mass is 392 g/mol. The molecule has 0 saturated carbocycles. The van der Waals surface area contributed by atoms with Crippen LogP contribution >= 0.6 is 11.6 Å². The quantitative estimate of drug-likeness (QED) is 0.769. The van der Waals surface area contributed by atoms with Crippen molar-refractivity contribution in [3.05, 3.63) is 75.9 Å². The van der Waals surface area contributed by atoms with E-state index in [1.807, 2.05) is 25.1 Å². The summed E-state index contributed by atoms with van der Waals surface area (Å²) in [4.78, 5) is 14.7. The Balaban J connectivity index is 1.75. The van der Waals surface area contributed by atoms with E-state index in [1.165, 1.54) is 0 Å². The topological polar surface area (TPSA) is 94.0 Å². The zero-order valence-electron chi connectivity index (χ0n) is 15.8. The van der Waals surface area contributed by atoms with E-state index in [2.05, 4.69) is 6.07 Å². The summed E-state index contributed by atoms with van der Waals surface area (Å²) in [5.74, 6) is 0.239. The standard InChI is InChI=1S/C22H21ClN4O/c1-13-3-6-17(9-19(13)20(25)14(2)21(23)26)22(28)27-11-18(12-27)16-7-4-15(10-24)5-8-16/h3-9,18,26H,11-12,25H2,1-2H3/b20-14-,26-21?. The molecular formula is C22H21ClN4O. The Morgan fingerprint density at radius 1 is 1.25 bits per heavy atom. The molecule has 1 aliphatic rings. The summed E-state index contributed by atoms with van der Waals surface area (Å²) >= 11 is 5.76. The lowest BCUT2D eigenvalue weighted by Gasteiger charge is -2.39. The molecule has 2 aromatic carbocycles. The average molecular weight is 393 g/mol. The van der Waals surface area contributed by atoms with Gasteiger partial charge in [-0.25, -0.2) is 0 Å². The molecule has 0 bridgehead atoms. The van der Waals surface area contributed by atoms with Crippen LogP contribution in [0.3, 0.4) is 0 Å². The van der Waals surface area contributed by atoms with Gasteiger partial charge in [-0.2, -0.15) is 5.26 Å². The number of carbonyl (C=O) groups excluding carboxylic acids is 1. The fourth-order valence-electron chi connectivity index (χ4n) is 3.23. The minimum atomic E-state index is -0.110. The Labute approximate surface area is 169 Å². The molecule has 0 radical (unpaired) electrons. The van der Waals surface area contributed by atoms with Crippen LogP contribution < -0.4 is 5.73 Å². The fourth-order valence-corrected chi connectivity index (χ4v) is 3.33. The predicted molar refractivity (Wildman–Crippen MR) is 111 cm³/mol. The summed E-state index contributed by atoms with van der Waals surface area (Å²) < 4.78 is 0. The van der Waals surface area contributed by atoms with Crippen LogP contribution in [0.25, 0.3) is 5.70 Å². The first kappa shape index (κ1) is 19.7. The van der Waals surface area contributed by atoms with Crippen LogP contribution in [0.1, 0.15) is 45.5 Å². The first-order chi connectivity index (χ1) is 13.3. The van der Waals surface area contributed by atoms with Crippen LogP contribution in [-0.4, -0.2) is 29.1 Å². The van der Waals surface area contributed by atoms with Crippen LogP contribution in [0.5, 0.6) is 0 Å². The Hall–Kier alpha value is -3.10. The van der Waals surface area contributed by atoms with E-state index in [-0.39, 0.29) is 17.0 Å². The van der Waals surface area contributed by atoms with Crippen molar-refractivity contribution < 1.29 is 4.79 Å². The smallest absolute Gasteiger partial charge is 0.253 e. The van der Waals surface area contributed by atoms with Crippen molar-refractivity contribution in [1.29, 1.82) is 10.7 Å². The first-order valence-electron chi connectivity index (χ1n) is 8.93. The van der Waals surface area contributed by atoms with Gasteiger partial charge in [0.15, 0.2) is 0 Å². The second-order valence-corrected chi connectivity index (χ2v) is 7.40. The molecule has 1 amide bonds. The first-order valence-corrected chi connectivity index (χ1v) is 9.30. The van der Waals surface area contributed by atoms with Crippen molar-refractivity contribution in [2.45, 2.75) is 19.8 Å². The van der Waals surface area contributed by atoms with E-state index < -0.39 is 0 Å². The van der Waals surface area contributed by atoms with Crippen molar-refractivity contribution in [2.24, 2.45) is 5.73 Å². The molecule has 28 heavy (non-hydrogen) atoms. The molecule has 2 aromatic rings. The number of halogens is 1. The lowest BCUT2D eigenvalue weighted by Crippen LogP contribution is -2.48. The highest BCUT2D eigenvalue weighted by Crippen LogP contribution is 2.29. The Bertz CT molecular complexity index is 1010. The Kier molecular flexibility index (Phi) is 5.53. The number of hydrogen-bond acceptors (Lipinski definition) is 4. The van der Waals surface area contributed by atoms with Crippen LogP contribution in [0.2, 0.25) is 0 Å². The van der Waals surface area contributed by atoms with E-state index in [0.717, 1.165) is 16.7 Å². The van der Waals surface area contributed by atoms with Gasteiger partial charge in [0.05, 0.1) is 11.6 Å². The molecule has 3 N–H and O–H groups in total. The van der Waals surface area contributed by atoms with Crippen molar-refractivity contribution in [1.82, 2.24) is 4.90 Å². The maximum Gasteiger partial charge on any atom is 0.253 e. The van der Waals surface area contributed by atoms with Gasteiger partial charge in [0.1, 0.15) is 5.17 Å². The number of nitrogens with zero attached hydrogens (tertiary/aromatic N) is 2. The summed E-state index contributed by atoms with van der Waals surface area (Å²) in [5, 5.41) is 16.3. The number of benzene rings is 2. The number of nitrogens with two attached hydrogens (primary N) is 1. The summed E-state index contributed by atoms with van der Waals surface area (Å²) in [6, 6.07) is 15.0. The third-order valence-corrected chi connectivity index (χ3v) is 5.47. The number of amides is 1. The van der Waals surface area contributed by atoms with Gasteiger partial charge in [-0.3, -0.25) is 10.2 Å². The summed E-state index contributed by atoms with van der Waals surface area (Å²) in [6.45, 7) is 4.89. The molecule has 1 saturated heterocycles. The molecule has 0 atom stereocenters. The van der Waals surface area contributed by atoms with Crippen molar-refractivity contribution in [2.75, 3.05) is 13.1 Å². The molecule has 0 spiro atoms. The van der Waals surface area contributed by atoms with Gasteiger partial charge in [-0.15, -0.1) is 0 Å². The van der Waals surface area contributed by atoms with E-state index in [1.54, 1.807) is 36.1 Å². The second kappa shape index (κ2) is 7.87. The largest absolute Gasteiger partial charge is 0.398 e. The Morgan fingerprint density at radius 2 is 1.89 bits per heavy atom. The number of hydrogen-bond donors (Lipinski definition) is 2. The number of likely N-dealkylation sites (tertiary alicyclic amines) is 1. The maximum absolute atomic E-state index is 12.9. The molecule has 0 aromatic heterocycles. The SMILES string of the molecule is C/C(C(=N)Cl)=C(/N)c1cc(C(=O)N2CC(c3ccc(C#N)cc3)C2)ccc1C. The fraction of sp³-hybridized carbons (Fsp3) is 0.227. The molecule has 1 fully saturated rings. The highest BCUT2D eigenvalue weighted by Gasteiger charge is 2.32. The minimum absolute atomic E-state index is 0.0439. The number of allylic oxidation sites excluding steroid dienone is 1. The average Bonchev–Trinajstić information content (AvgIpc) is 2.66. The van der Waals surface area contributed by atoms with Gasteiger partial charge in [0.2, 0.25) is 0 Å². The molecule has 5 nitrogen and oxygen atoms in total. The second-order valence-electron chi connectivity index (χ2n) is 7.02. The Morgan fingerprint density at radius 3 is 2.46 bits per heavy atom. The van der Waals surface area contributed by atoms with Crippen LogP contribution in [0, 0.1) is 23.7 Å². The van der Waals surface area contributed by atoms with Gasteiger partial charge in [0.25, 0.3) is 5.91 Å². The van der Waals surface area contributed by atoms with Gasteiger partial charge >= 0.3 is 0 Å². The third kappa shape index (κ3) is 3.78. The van der Waals surface area contributed by atoms with Gasteiger partial charge in [-0.1, -0.05) is 29.8 Å². The number of nitrogens with one attached hydrogen (secondary N) is 1. The van der Waals surface area contributed by atoms with Gasteiger partial charge in [-0.05, 0) is 49.2 Å². The van der Waals surface area contributed by atoms with Gasteiger partial charge < -0.3 is 10.6 Å². The van der Waals surface area contributed by atoms with E-state index in [4.69, 9.17) is 28.0 Å². The van der Waals surface area contributed by atoms with Crippen LogP contribution in [0.4, 0.5) is 0 Å². The number of rotatable bonds is 4. The van der Waals surface area contributed by atoms with Crippen molar-refractivity contribution in [3.8, 4) is 6.07 Å². The number of aryl methyl sites for hydroxylation is 1. The molecular weight excluding hydrogens is 372 g/mol. The molecule has 1 aliphatic heterocycles. The van der Waals surface area contributed by atoms with E-state index >= 15 is 0 Å². The maximum atomic E-state index is 12.9. The molecule has 3 rings (SSSR count). The summed E-state index contributed by atoms with van der Waals surface area (Å²) in [5.41, 5.74) is 11.0. The zero-order chi connectivity index (χ0) is 20.4. The van der Waals surface area contributed by atoms with Crippen LogP contribution in [-0.2, 0) is 0 Å². The highest BCUT2D eigenvalue weighted by molar-refractivity contribution is 6.69. The zero-order valence-corrected chi connectivity index (χ0v) is 16.5. The van der Waals surface area contributed by atoms with Crippen molar-refractivity contribution >= 4 is 28.4 Å². The third-order valence-electron chi connectivity index (χ3n) is 5.19. The minimum Gasteiger partial charge on any atom is -0.398 e. The molecule has 6 heteroatoms. The summed E-state index contributed by atoms with van der Waals surface area (Å²) in [7, 11) is 0. The van der Waals surface area contributed by atoms with Gasteiger partial charge in [0, 0.05) is 41.4 Å².